The predicted molar refractivity (Wildman–Crippen MR) is 61.9 cm³/mol. The topological polar surface area (TPSA) is 69.7 Å². The van der Waals surface area contributed by atoms with Gasteiger partial charge in [-0.1, -0.05) is 9.95 Å². The van der Waals surface area contributed by atoms with Crippen LogP contribution in [-0.4, -0.2) is 28.5 Å². The molecule has 1 aromatic carbocycles. The minimum atomic E-state index is -5.55. The van der Waals surface area contributed by atoms with Crippen LogP contribution in [0.3, 0.4) is 0 Å². The molecule has 0 unspecified atom stereocenters. The fourth-order valence-corrected chi connectivity index (χ4v) is 1.80. The van der Waals surface area contributed by atoms with Crippen LogP contribution in [-0.2, 0) is 15.2 Å². The minimum absolute atomic E-state index is 0. The largest absolute Gasteiger partial charge is 1.00 e. The number of hydrogen-bond acceptors (Lipinski definition) is 5. The van der Waals surface area contributed by atoms with Crippen molar-refractivity contribution in [3.8, 4) is 5.75 Å². The molecule has 0 spiro atoms. The molecule has 0 amide bonds. The van der Waals surface area contributed by atoms with Crippen molar-refractivity contribution in [2.75, 3.05) is 7.11 Å². The second-order valence-electron chi connectivity index (χ2n) is 3.73. The van der Waals surface area contributed by atoms with E-state index in [1.54, 1.807) is 0 Å². The maximum atomic E-state index is 12.7. The number of ether oxygens (including phenoxy) is 1. The maximum absolute atomic E-state index is 12.7. The fraction of sp³-hybridized carbons (Fsp3) is 0.222. The van der Waals surface area contributed by atoms with Gasteiger partial charge in [-0.3, -0.25) is 0 Å². The summed E-state index contributed by atoms with van der Waals surface area (Å²) in [6.07, 6.45) is 0. The van der Waals surface area contributed by atoms with Gasteiger partial charge in [-0.15, -0.1) is 5.46 Å². The molecule has 0 saturated heterocycles. The van der Waals surface area contributed by atoms with Crippen LogP contribution in [0.15, 0.2) is 12.1 Å². The summed E-state index contributed by atoms with van der Waals surface area (Å²) in [6, 6.07) is 0.789. The minimum Gasteiger partial charge on any atom is -0.465 e. The van der Waals surface area contributed by atoms with Crippen molar-refractivity contribution in [3.63, 3.8) is 0 Å². The second kappa shape index (κ2) is 7.42. The molecule has 0 saturated carbocycles. The zero-order valence-corrected chi connectivity index (χ0v) is 15.1. The van der Waals surface area contributed by atoms with Gasteiger partial charge < -0.3 is 21.9 Å². The smallest absolute Gasteiger partial charge is 0.465 e. The first kappa shape index (κ1) is 20.9. The first-order valence-electron chi connectivity index (χ1n) is 5.02. The Kier molecular flexibility index (Phi) is 7.37. The number of hydrogen-bond donors (Lipinski definition) is 0. The van der Waals surface area contributed by atoms with Gasteiger partial charge in [0.2, 0.25) is 0 Å². The zero-order valence-electron chi connectivity index (χ0n) is 11.2. The van der Waals surface area contributed by atoms with Gasteiger partial charge in [-0.05, 0) is 13.0 Å². The van der Waals surface area contributed by atoms with E-state index in [9.17, 15) is 30.0 Å². The van der Waals surface area contributed by atoms with Gasteiger partial charge in [-0.2, -0.15) is 8.42 Å². The first-order valence-corrected chi connectivity index (χ1v) is 6.33. The summed E-state index contributed by atoms with van der Waals surface area (Å²) in [5.74, 6) is -2.06. The molecular formula is C9H8BF4KO5S. The van der Waals surface area contributed by atoms with Gasteiger partial charge in [0, 0.05) is 5.56 Å². The molecule has 0 radical (unpaired) electrons. The fourth-order valence-electron chi connectivity index (χ4n) is 1.41. The van der Waals surface area contributed by atoms with Gasteiger partial charge in [0.1, 0.15) is 5.75 Å². The van der Waals surface area contributed by atoms with Crippen molar-refractivity contribution in [1.29, 1.82) is 0 Å². The summed E-state index contributed by atoms with van der Waals surface area (Å²) in [5.41, 5.74) is -2.17. The molecule has 5 nitrogen and oxygen atoms in total. The van der Waals surface area contributed by atoms with E-state index in [-0.39, 0.29) is 56.9 Å². The Morgan fingerprint density at radius 1 is 1.24 bits per heavy atom. The third kappa shape index (κ3) is 5.87. The van der Waals surface area contributed by atoms with Gasteiger partial charge in [0.15, 0.2) is 0 Å². The van der Waals surface area contributed by atoms with Crippen molar-refractivity contribution >= 4 is 28.9 Å². The number of benzene rings is 1. The third-order valence-electron chi connectivity index (χ3n) is 2.35. The van der Waals surface area contributed by atoms with E-state index in [1.165, 1.54) is 0 Å². The molecule has 112 valence electrons. The Balaban J connectivity index is 0.00000400. The molecule has 12 heteroatoms. The van der Waals surface area contributed by atoms with Crippen molar-refractivity contribution in [2.24, 2.45) is 0 Å². The maximum Gasteiger partial charge on any atom is 1.00 e. The standard InChI is InChI=1S/C9H8BF4O5S.K/c1-5-7(9(15)18-2)3-6(10(11,12)13)4-8(5)19-20(14,16)17;/h3-4H,1-2H3;/q-1;+1. The third-order valence-corrected chi connectivity index (χ3v) is 2.73. The zero-order chi connectivity index (χ0) is 15.7. The molecule has 0 aliphatic rings. The van der Waals surface area contributed by atoms with Crippen molar-refractivity contribution in [2.45, 2.75) is 6.92 Å². The molecule has 0 aromatic heterocycles. The monoisotopic (exact) mass is 354 g/mol. The van der Waals surface area contributed by atoms with E-state index < -0.39 is 40.2 Å². The Morgan fingerprint density at radius 3 is 2.14 bits per heavy atom. The molecule has 0 heterocycles. The van der Waals surface area contributed by atoms with Crippen molar-refractivity contribution in [3.05, 3.63) is 23.3 Å². The van der Waals surface area contributed by atoms with E-state index in [2.05, 4.69) is 8.92 Å². The van der Waals surface area contributed by atoms with E-state index >= 15 is 0 Å². The molecular weight excluding hydrogens is 346 g/mol. The Bertz CT molecular complexity index is 646. The number of carbonyl (C=O) groups excluding carboxylic acids is 1. The van der Waals surface area contributed by atoms with Crippen LogP contribution in [0.2, 0.25) is 0 Å². The van der Waals surface area contributed by atoms with Crippen LogP contribution in [0.25, 0.3) is 0 Å². The normalized spacial score (nSPS) is 11.5. The Hall–Kier alpha value is -0.139. The number of methoxy groups -OCH3 is 1. The quantitative estimate of drug-likeness (QED) is 0.283. The summed E-state index contributed by atoms with van der Waals surface area (Å²) in [7, 11) is -4.59. The summed E-state index contributed by atoms with van der Waals surface area (Å²) in [4.78, 5) is 11.3. The van der Waals surface area contributed by atoms with E-state index in [0.717, 1.165) is 14.0 Å². The van der Waals surface area contributed by atoms with Crippen LogP contribution in [0, 0.1) is 6.92 Å². The molecule has 0 N–H and O–H groups in total. The van der Waals surface area contributed by atoms with Crippen LogP contribution in [0.1, 0.15) is 15.9 Å². The molecule has 1 rings (SSSR count). The molecule has 0 bridgehead atoms. The Labute approximate surface area is 160 Å². The Morgan fingerprint density at radius 2 is 1.76 bits per heavy atom. The molecule has 0 atom stereocenters. The van der Waals surface area contributed by atoms with Gasteiger partial charge in [0.25, 0.3) is 0 Å². The van der Waals surface area contributed by atoms with E-state index in [0.29, 0.717) is 12.1 Å². The predicted octanol–water partition coefficient (Wildman–Crippen LogP) is -1.57. The molecule has 1 aromatic rings. The van der Waals surface area contributed by atoms with Gasteiger partial charge in [0.05, 0.1) is 12.7 Å². The van der Waals surface area contributed by atoms with Crippen molar-refractivity contribution < 1.29 is 90.3 Å². The molecule has 0 fully saturated rings. The number of carbonyl (C=O) groups is 1. The summed E-state index contributed by atoms with van der Waals surface area (Å²) >= 11 is 0. The SMILES string of the molecule is COC(=O)c1cc([B-](F)(F)F)cc(OS(=O)(=O)F)c1C.[K+]. The van der Waals surface area contributed by atoms with E-state index in [4.69, 9.17) is 0 Å². The second-order valence-corrected chi connectivity index (χ2v) is 4.69. The van der Waals surface area contributed by atoms with Crippen molar-refractivity contribution in [1.82, 2.24) is 0 Å². The number of halogens is 4. The summed E-state index contributed by atoms with van der Waals surface area (Å²) in [6.45, 7) is -4.45. The molecule has 0 aliphatic heterocycles. The number of esters is 1. The first-order chi connectivity index (χ1) is 8.95. The average molecular weight is 354 g/mol. The molecule has 21 heavy (non-hydrogen) atoms. The van der Waals surface area contributed by atoms with Crippen LogP contribution in [0.5, 0.6) is 5.75 Å². The van der Waals surface area contributed by atoms with Gasteiger partial charge >= 0.3 is 74.8 Å². The molecule has 0 aliphatic carbocycles. The van der Waals surface area contributed by atoms with Gasteiger partial charge in [-0.25, -0.2) is 4.79 Å². The van der Waals surface area contributed by atoms with Crippen LogP contribution < -0.4 is 61.0 Å². The summed E-state index contributed by atoms with van der Waals surface area (Å²) < 4.78 is 79.4. The van der Waals surface area contributed by atoms with Crippen LogP contribution >= 0.6 is 0 Å². The summed E-state index contributed by atoms with van der Waals surface area (Å²) in [5, 5.41) is 0. The van der Waals surface area contributed by atoms with E-state index in [1.807, 2.05) is 0 Å². The number of rotatable bonds is 4. The average Bonchev–Trinajstić information content (AvgIpc) is 2.27. The van der Waals surface area contributed by atoms with Crippen LogP contribution in [0.4, 0.5) is 16.8 Å².